The van der Waals surface area contributed by atoms with Crippen molar-refractivity contribution in [1.29, 1.82) is 0 Å². The van der Waals surface area contributed by atoms with Crippen LogP contribution in [0.3, 0.4) is 0 Å². The molecule has 1 aromatic rings. The summed E-state index contributed by atoms with van der Waals surface area (Å²) in [4.78, 5) is 12.2. The fraction of sp³-hybridized carbons (Fsp3) is 0.611. The van der Waals surface area contributed by atoms with E-state index in [0.29, 0.717) is 37.7 Å². The largest absolute Gasteiger partial charge is 0.493 e. The number of hydrogen-bond donors (Lipinski definition) is 2. The summed E-state index contributed by atoms with van der Waals surface area (Å²) in [6, 6.07) is 5.95. The summed E-state index contributed by atoms with van der Waals surface area (Å²) in [5.74, 6) is 1.42. The lowest BCUT2D eigenvalue weighted by Gasteiger charge is -2.28. The zero-order valence-corrected chi connectivity index (χ0v) is 15.0. The number of carbonyl (C=O) groups is 1. The van der Waals surface area contributed by atoms with Gasteiger partial charge in [-0.2, -0.15) is 0 Å². The number of ether oxygens (including phenoxy) is 3. The van der Waals surface area contributed by atoms with Gasteiger partial charge < -0.3 is 24.8 Å². The van der Waals surface area contributed by atoms with Gasteiger partial charge in [-0.1, -0.05) is 19.9 Å². The van der Waals surface area contributed by atoms with E-state index >= 15 is 0 Å². The standard InChI is InChI=1S/C18H28N2O4/c1-18(2,13-5-6-15(22-3)16(9-13)23-4)12-20-17(21)10-14-11-24-8-7-19-14/h5-6,9,14,19H,7-8,10-12H2,1-4H3,(H,20,21). The maximum absolute atomic E-state index is 12.2. The van der Waals surface area contributed by atoms with Gasteiger partial charge in [-0.3, -0.25) is 4.79 Å². The third-order valence-corrected chi connectivity index (χ3v) is 4.32. The highest BCUT2D eigenvalue weighted by Crippen LogP contribution is 2.32. The maximum atomic E-state index is 12.2. The molecule has 1 atom stereocenters. The molecule has 0 spiro atoms. The minimum Gasteiger partial charge on any atom is -0.493 e. The predicted molar refractivity (Wildman–Crippen MR) is 92.8 cm³/mol. The molecule has 2 rings (SSSR count). The van der Waals surface area contributed by atoms with Gasteiger partial charge in [0, 0.05) is 31.0 Å². The molecule has 0 radical (unpaired) electrons. The lowest BCUT2D eigenvalue weighted by atomic mass is 9.84. The topological polar surface area (TPSA) is 68.8 Å². The lowest BCUT2D eigenvalue weighted by Crippen LogP contribution is -2.45. The second-order valence-corrected chi connectivity index (χ2v) is 6.66. The number of amides is 1. The first kappa shape index (κ1) is 18.5. The summed E-state index contributed by atoms with van der Waals surface area (Å²) in [5.41, 5.74) is 0.866. The van der Waals surface area contributed by atoms with Crippen molar-refractivity contribution in [1.82, 2.24) is 10.6 Å². The SMILES string of the molecule is COc1ccc(C(C)(C)CNC(=O)CC2COCCN2)cc1OC. The van der Waals surface area contributed by atoms with Gasteiger partial charge in [-0.15, -0.1) is 0 Å². The Balaban J connectivity index is 1.93. The van der Waals surface area contributed by atoms with Crippen LogP contribution in [-0.2, 0) is 14.9 Å². The van der Waals surface area contributed by atoms with Crippen LogP contribution in [-0.4, -0.2) is 52.5 Å². The molecule has 24 heavy (non-hydrogen) atoms. The fourth-order valence-electron chi connectivity index (χ4n) is 2.73. The molecule has 0 bridgehead atoms. The van der Waals surface area contributed by atoms with Gasteiger partial charge in [0.15, 0.2) is 11.5 Å². The number of methoxy groups -OCH3 is 2. The molecule has 6 nitrogen and oxygen atoms in total. The van der Waals surface area contributed by atoms with E-state index in [1.807, 2.05) is 18.2 Å². The first-order valence-corrected chi connectivity index (χ1v) is 8.26. The number of rotatable bonds is 7. The van der Waals surface area contributed by atoms with Gasteiger partial charge in [0.25, 0.3) is 0 Å². The Morgan fingerprint density at radius 2 is 2.08 bits per heavy atom. The Hall–Kier alpha value is -1.79. The fourth-order valence-corrected chi connectivity index (χ4v) is 2.73. The van der Waals surface area contributed by atoms with E-state index in [-0.39, 0.29) is 17.4 Å². The second kappa shape index (κ2) is 8.35. The molecule has 1 fully saturated rings. The zero-order valence-electron chi connectivity index (χ0n) is 15.0. The smallest absolute Gasteiger partial charge is 0.221 e. The highest BCUT2D eigenvalue weighted by Gasteiger charge is 2.24. The average Bonchev–Trinajstić information content (AvgIpc) is 2.60. The molecule has 0 saturated carbocycles. The van der Waals surface area contributed by atoms with Crippen molar-refractivity contribution in [3.05, 3.63) is 23.8 Å². The van der Waals surface area contributed by atoms with Crippen LogP contribution in [0.4, 0.5) is 0 Å². The van der Waals surface area contributed by atoms with Crippen molar-refractivity contribution in [2.75, 3.05) is 40.5 Å². The number of carbonyl (C=O) groups excluding carboxylic acids is 1. The van der Waals surface area contributed by atoms with Crippen LogP contribution >= 0.6 is 0 Å². The molecular weight excluding hydrogens is 308 g/mol. The monoisotopic (exact) mass is 336 g/mol. The summed E-state index contributed by atoms with van der Waals surface area (Å²) in [6.45, 7) is 6.84. The Morgan fingerprint density at radius 3 is 2.71 bits per heavy atom. The molecule has 1 saturated heterocycles. The second-order valence-electron chi connectivity index (χ2n) is 6.66. The maximum Gasteiger partial charge on any atom is 0.221 e. The van der Waals surface area contributed by atoms with E-state index in [2.05, 4.69) is 24.5 Å². The molecular formula is C18H28N2O4. The average molecular weight is 336 g/mol. The Morgan fingerprint density at radius 1 is 1.33 bits per heavy atom. The summed E-state index contributed by atoms with van der Waals surface area (Å²) >= 11 is 0. The molecule has 1 unspecified atom stereocenters. The van der Waals surface area contributed by atoms with E-state index in [9.17, 15) is 4.79 Å². The van der Waals surface area contributed by atoms with E-state index in [1.165, 1.54) is 0 Å². The van der Waals surface area contributed by atoms with Crippen LogP contribution in [0.1, 0.15) is 25.8 Å². The number of hydrogen-bond acceptors (Lipinski definition) is 5. The molecule has 1 aliphatic rings. The summed E-state index contributed by atoms with van der Waals surface area (Å²) in [6.07, 6.45) is 0.433. The number of benzene rings is 1. The number of nitrogens with one attached hydrogen (secondary N) is 2. The Bertz CT molecular complexity index is 554. The molecule has 0 aliphatic carbocycles. The quantitative estimate of drug-likeness (QED) is 0.789. The van der Waals surface area contributed by atoms with Crippen LogP contribution in [0.25, 0.3) is 0 Å². The number of morpholine rings is 1. The van der Waals surface area contributed by atoms with Crippen LogP contribution in [0.2, 0.25) is 0 Å². The van der Waals surface area contributed by atoms with Crippen molar-refractivity contribution in [3.63, 3.8) is 0 Å². The summed E-state index contributed by atoms with van der Waals surface area (Å²) in [5, 5.41) is 6.32. The third kappa shape index (κ3) is 4.85. The molecule has 1 amide bonds. The van der Waals surface area contributed by atoms with E-state index in [1.54, 1.807) is 14.2 Å². The third-order valence-electron chi connectivity index (χ3n) is 4.32. The molecule has 1 heterocycles. The normalized spacial score (nSPS) is 18.1. The van der Waals surface area contributed by atoms with E-state index < -0.39 is 0 Å². The van der Waals surface area contributed by atoms with Crippen molar-refractivity contribution < 1.29 is 19.0 Å². The van der Waals surface area contributed by atoms with Crippen LogP contribution in [0.5, 0.6) is 11.5 Å². The lowest BCUT2D eigenvalue weighted by molar-refractivity contribution is -0.122. The van der Waals surface area contributed by atoms with Gasteiger partial charge in [0.1, 0.15) is 0 Å². The van der Waals surface area contributed by atoms with Crippen molar-refractivity contribution >= 4 is 5.91 Å². The molecule has 1 aliphatic heterocycles. The predicted octanol–water partition coefficient (Wildman–Crippen LogP) is 1.48. The van der Waals surface area contributed by atoms with Crippen LogP contribution in [0, 0.1) is 0 Å². The first-order valence-electron chi connectivity index (χ1n) is 8.26. The molecule has 6 heteroatoms. The summed E-state index contributed by atoms with van der Waals surface area (Å²) < 4.78 is 16.0. The van der Waals surface area contributed by atoms with Gasteiger partial charge in [0.2, 0.25) is 5.91 Å². The molecule has 1 aromatic carbocycles. The van der Waals surface area contributed by atoms with Gasteiger partial charge >= 0.3 is 0 Å². The first-order chi connectivity index (χ1) is 11.5. The van der Waals surface area contributed by atoms with Crippen LogP contribution in [0.15, 0.2) is 18.2 Å². The Kier molecular flexibility index (Phi) is 6.45. The summed E-state index contributed by atoms with van der Waals surface area (Å²) in [7, 11) is 3.24. The zero-order chi connectivity index (χ0) is 17.6. The van der Waals surface area contributed by atoms with E-state index in [4.69, 9.17) is 14.2 Å². The highest BCUT2D eigenvalue weighted by atomic mass is 16.5. The van der Waals surface area contributed by atoms with Gasteiger partial charge in [-0.05, 0) is 17.7 Å². The minimum absolute atomic E-state index is 0.0338. The molecule has 0 aromatic heterocycles. The van der Waals surface area contributed by atoms with Crippen LogP contribution < -0.4 is 20.1 Å². The minimum atomic E-state index is -0.217. The van der Waals surface area contributed by atoms with Crippen molar-refractivity contribution in [2.45, 2.75) is 31.7 Å². The highest BCUT2D eigenvalue weighted by molar-refractivity contribution is 5.76. The van der Waals surface area contributed by atoms with E-state index in [0.717, 1.165) is 12.1 Å². The molecule has 2 N–H and O–H groups in total. The van der Waals surface area contributed by atoms with Crippen molar-refractivity contribution in [3.8, 4) is 11.5 Å². The Labute approximate surface area is 143 Å². The van der Waals surface area contributed by atoms with Crippen molar-refractivity contribution in [2.24, 2.45) is 0 Å². The molecule has 134 valence electrons. The van der Waals surface area contributed by atoms with Gasteiger partial charge in [-0.25, -0.2) is 0 Å². The van der Waals surface area contributed by atoms with Gasteiger partial charge in [0.05, 0.1) is 27.4 Å².